The minimum Gasteiger partial charge on any atom is -0.391 e. The van der Waals surface area contributed by atoms with E-state index in [1.54, 1.807) is 0 Å². The standard InChI is InChI=1S/C21H28N6OS/c1-14-13-15(2)27(24-14)21-22-19(26-9-7-25(8-10-26)11-12-28)18-16-5-3-4-6-17(16)29-20(18)23-21/h13,28H,3-12H2,1-2H3/p+1. The van der Waals surface area contributed by atoms with Gasteiger partial charge in [0.1, 0.15) is 17.2 Å². The molecule has 0 bridgehead atoms. The number of hydrogen-bond acceptors (Lipinski definition) is 6. The first kappa shape index (κ1) is 19.0. The lowest BCUT2D eigenvalue weighted by atomic mass is 9.97. The van der Waals surface area contributed by atoms with Crippen LogP contribution in [0.4, 0.5) is 5.82 Å². The maximum absolute atomic E-state index is 9.27. The molecule has 0 amide bonds. The Morgan fingerprint density at radius 3 is 2.66 bits per heavy atom. The van der Waals surface area contributed by atoms with Crippen LogP contribution >= 0.6 is 11.3 Å². The Morgan fingerprint density at radius 1 is 1.14 bits per heavy atom. The molecule has 1 saturated heterocycles. The zero-order valence-corrected chi connectivity index (χ0v) is 18.1. The summed E-state index contributed by atoms with van der Waals surface area (Å²) in [6.07, 6.45) is 4.84. The van der Waals surface area contributed by atoms with Gasteiger partial charge in [-0.3, -0.25) is 0 Å². The first-order valence-corrected chi connectivity index (χ1v) is 11.5. The van der Waals surface area contributed by atoms with E-state index in [-0.39, 0.29) is 6.61 Å². The minimum absolute atomic E-state index is 0.257. The average molecular weight is 414 g/mol. The van der Waals surface area contributed by atoms with Crippen LogP contribution in [0, 0.1) is 13.8 Å². The second-order valence-electron chi connectivity index (χ2n) is 8.29. The largest absolute Gasteiger partial charge is 0.391 e. The third-order valence-corrected chi connectivity index (χ3v) is 7.40. The molecule has 0 spiro atoms. The van der Waals surface area contributed by atoms with Crippen LogP contribution in [0.15, 0.2) is 6.07 Å². The quantitative estimate of drug-likeness (QED) is 0.670. The lowest BCUT2D eigenvalue weighted by Gasteiger charge is -2.33. The highest BCUT2D eigenvalue weighted by Gasteiger charge is 2.27. The van der Waals surface area contributed by atoms with E-state index >= 15 is 0 Å². The summed E-state index contributed by atoms with van der Waals surface area (Å²) < 4.78 is 1.88. The molecule has 2 aliphatic rings. The topological polar surface area (TPSA) is 71.5 Å². The maximum Gasteiger partial charge on any atom is 0.254 e. The summed E-state index contributed by atoms with van der Waals surface area (Å²) in [5.41, 5.74) is 3.53. The molecule has 29 heavy (non-hydrogen) atoms. The lowest BCUT2D eigenvalue weighted by Crippen LogP contribution is -3.15. The molecule has 4 heterocycles. The molecule has 154 valence electrons. The Hall–Kier alpha value is -2.03. The fourth-order valence-electron chi connectivity index (χ4n) is 4.73. The maximum atomic E-state index is 9.27. The number of quaternary nitrogens is 1. The average Bonchev–Trinajstić information content (AvgIpc) is 3.27. The number of aliphatic hydroxyl groups is 1. The third-order valence-electron chi connectivity index (χ3n) is 6.22. The summed E-state index contributed by atoms with van der Waals surface area (Å²) in [5, 5.41) is 15.2. The summed E-state index contributed by atoms with van der Waals surface area (Å²) in [5.74, 6) is 1.77. The first-order chi connectivity index (χ1) is 14.1. The summed E-state index contributed by atoms with van der Waals surface area (Å²) >= 11 is 1.85. The third kappa shape index (κ3) is 3.43. The van der Waals surface area contributed by atoms with Crippen LogP contribution in [0.3, 0.4) is 0 Å². The van der Waals surface area contributed by atoms with Gasteiger partial charge in [0.05, 0.1) is 43.9 Å². The predicted octanol–water partition coefficient (Wildman–Crippen LogP) is 1.07. The van der Waals surface area contributed by atoms with Crippen LogP contribution in [0.2, 0.25) is 0 Å². The van der Waals surface area contributed by atoms with Crippen molar-refractivity contribution in [2.45, 2.75) is 39.5 Å². The Morgan fingerprint density at radius 2 is 1.93 bits per heavy atom. The van der Waals surface area contributed by atoms with Crippen LogP contribution in [-0.4, -0.2) is 64.2 Å². The number of nitrogens with one attached hydrogen (secondary N) is 1. The van der Waals surface area contributed by atoms with E-state index in [0.717, 1.165) is 61.2 Å². The van der Waals surface area contributed by atoms with Crippen LogP contribution < -0.4 is 9.80 Å². The van der Waals surface area contributed by atoms with Gasteiger partial charge in [0.2, 0.25) is 0 Å². The second kappa shape index (κ2) is 7.66. The molecule has 0 atom stereocenters. The summed E-state index contributed by atoms with van der Waals surface area (Å²) in [4.78, 5) is 16.6. The molecular weight excluding hydrogens is 384 g/mol. The van der Waals surface area contributed by atoms with Gasteiger partial charge in [0.25, 0.3) is 5.95 Å². The predicted molar refractivity (Wildman–Crippen MR) is 116 cm³/mol. The van der Waals surface area contributed by atoms with Gasteiger partial charge < -0.3 is 14.9 Å². The Kier molecular flexibility index (Phi) is 5.01. The molecule has 3 aromatic rings. The van der Waals surface area contributed by atoms with E-state index in [4.69, 9.17) is 9.97 Å². The van der Waals surface area contributed by atoms with Crippen LogP contribution in [0.25, 0.3) is 16.2 Å². The van der Waals surface area contributed by atoms with Gasteiger partial charge in [0.15, 0.2) is 0 Å². The molecule has 2 N–H and O–H groups in total. The van der Waals surface area contributed by atoms with E-state index in [0.29, 0.717) is 5.95 Å². The molecule has 0 aromatic carbocycles. The number of piperazine rings is 1. The van der Waals surface area contributed by atoms with Crippen LogP contribution in [-0.2, 0) is 12.8 Å². The van der Waals surface area contributed by atoms with Crippen molar-refractivity contribution in [1.29, 1.82) is 0 Å². The van der Waals surface area contributed by atoms with E-state index in [9.17, 15) is 5.11 Å². The fourth-order valence-corrected chi connectivity index (χ4v) is 5.98. The number of thiophene rings is 1. The Balaban J connectivity index is 1.62. The molecule has 5 rings (SSSR count). The molecule has 1 aliphatic carbocycles. The summed E-state index contributed by atoms with van der Waals surface area (Å²) in [6.45, 7) is 9.15. The zero-order valence-electron chi connectivity index (χ0n) is 17.2. The summed E-state index contributed by atoms with van der Waals surface area (Å²) in [7, 11) is 0. The van der Waals surface area contributed by atoms with Gasteiger partial charge in [-0.15, -0.1) is 11.3 Å². The smallest absolute Gasteiger partial charge is 0.254 e. The first-order valence-electron chi connectivity index (χ1n) is 10.7. The molecule has 3 aromatic heterocycles. The van der Waals surface area contributed by atoms with Gasteiger partial charge in [-0.25, -0.2) is 4.68 Å². The number of fused-ring (bicyclic) bond motifs is 3. The van der Waals surface area contributed by atoms with Crippen molar-refractivity contribution in [1.82, 2.24) is 19.7 Å². The van der Waals surface area contributed by atoms with Crippen molar-refractivity contribution in [3.63, 3.8) is 0 Å². The van der Waals surface area contributed by atoms with Crippen molar-refractivity contribution < 1.29 is 10.0 Å². The molecule has 0 unspecified atom stereocenters. The number of rotatable bonds is 4. The lowest BCUT2D eigenvalue weighted by molar-refractivity contribution is -0.900. The van der Waals surface area contributed by atoms with E-state index in [1.165, 1.54) is 40.0 Å². The highest BCUT2D eigenvalue weighted by molar-refractivity contribution is 7.19. The molecule has 0 radical (unpaired) electrons. The van der Waals surface area contributed by atoms with Gasteiger partial charge >= 0.3 is 0 Å². The molecule has 0 saturated carbocycles. The summed E-state index contributed by atoms with van der Waals surface area (Å²) in [6, 6.07) is 2.07. The van der Waals surface area contributed by atoms with Crippen molar-refractivity contribution >= 4 is 27.4 Å². The van der Waals surface area contributed by atoms with Gasteiger partial charge in [-0.1, -0.05) is 0 Å². The van der Waals surface area contributed by atoms with E-state index in [1.807, 2.05) is 22.9 Å². The number of nitrogens with zero attached hydrogens (tertiary/aromatic N) is 5. The second-order valence-corrected chi connectivity index (χ2v) is 9.37. The van der Waals surface area contributed by atoms with E-state index < -0.39 is 0 Å². The van der Waals surface area contributed by atoms with Crippen molar-refractivity contribution in [3.05, 3.63) is 27.9 Å². The van der Waals surface area contributed by atoms with E-state index in [2.05, 4.69) is 23.0 Å². The molecule has 7 nitrogen and oxygen atoms in total. The molecule has 1 fully saturated rings. The number of anilines is 1. The normalized spacial score (nSPS) is 17.8. The molecule has 1 aliphatic heterocycles. The Bertz CT molecular complexity index is 1030. The van der Waals surface area contributed by atoms with Crippen LogP contribution in [0.5, 0.6) is 0 Å². The van der Waals surface area contributed by atoms with Gasteiger partial charge in [-0.05, 0) is 51.2 Å². The highest BCUT2D eigenvalue weighted by atomic mass is 32.1. The van der Waals surface area contributed by atoms with Crippen molar-refractivity contribution in [2.24, 2.45) is 0 Å². The highest BCUT2D eigenvalue weighted by Crippen LogP contribution is 2.40. The number of hydrogen-bond donors (Lipinski definition) is 2. The number of aliphatic hydroxyl groups excluding tert-OH is 1. The Labute approximate surface area is 175 Å². The SMILES string of the molecule is Cc1cc(C)n(-c2nc(N3CC[NH+](CCO)CC3)c3c4c(sc3n2)CCCC4)n1. The van der Waals surface area contributed by atoms with Crippen molar-refractivity contribution in [3.8, 4) is 5.95 Å². The van der Waals surface area contributed by atoms with Gasteiger partial charge in [-0.2, -0.15) is 15.1 Å². The zero-order chi connectivity index (χ0) is 20.0. The molecular formula is C21H29N6OS+. The number of aromatic nitrogens is 4. The molecule has 8 heteroatoms. The minimum atomic E-state index is 0.257. The van der Waals surface area contributed by atoms with Gasteiger partial charge in [0, 0.05) is 10.6 Å². The van der Waals surface area contributed by atoms with Crippen molar-refractivity contribution in [2.75, 3.05) is 44.2 Å². The van der Waals surface area contributed by atoms with Crippen LogP contribution in [0.1, 0.15) is 34.7 Å². The fraction of sp³-hybridized carbons (Fsp3) is 0.571. The number of aryl methyl sites for hydroxylation is 4. The monoisotopic (exact) mass is 413 g/mol.